The van der Waals surface area contributed by atoms with Crippen molar-refractivity contribution < 1.29 is 0 Å². The monoisotopic (exact) mass is 940 g/mol. The fourth-order valence-corrected chi connectivity index (χ4v) is 11.6. The molecule has 0 aliphatic carbocycles. The van der Waals surface area contributed by atoms with Crippen LogP contribution in [0.4, 0.5) is 0 Å². The van der Waals surface area contributed by atoms with Gasteiger partial charge in [0, 0.05) is 49.6 Å². The maximum Gasteiger partial charge on any atom is 0.160 e. The molecule has 0 amide bonds. The van der Waals surface area contributed by atoms with E-state index < -0.39 is 0 Å². The zero-order valence-electron chi connectivity index (χ0n) is 40.2. The maximum atomic E-state index is 5.50. The van der Waals surface area contributed by atoms with Gasteiger partial charge in [0.05, 0.1) is 33.5 Å². The third-order valence-corrected chi connectivity index (χ3v) is 15.1. The first-order valence-electron chi connectivity index (χ1n) is 25.3. The van der Waals surface area contributed by atoms with E-state index in [4.69, 9.17) is 9.97 Å². The normalized spacial score (nSPS) is 11.8. The molecule has 0 fully saturated rings. The number of para-hydroxylation sites is 3. The van der Waals surface area contributed by atoms with Gasteiger partial charge in [-0.05, 0) is 121 Å². The molecule has 0 N–H and O–H groups in total. The number of hydrogen-bond donors (Lipinski definition) is 0. The van der Waals surface area contributed by atoms with Crippen molar-refractivity contribution in [1.82, 2.24) is 19.1 Å². The Kier molecular flexibility index (Phi) is 9.54. The van der Waals surface area contributed by atoms with Crippen LogP contribution in [-0.4, -0.2) is 19.1 Å². The zero-order valence-corrected chi connectivity index (χ0v) is 40.2. The molecule has 3 aromatic heterocycles. The second kappa shape index (κ2) is 16.9. The Labute approximate surface area is 427 Å². The van der Waals surface area contributed by atoms with Crippen molar-refractivity contribution in [3.05, 3.63) is 267 Å². The van der Waals surface area contributed by atoms with Crippen LogP contribution in [0.15, 0.2) is 267 Å². The fraction of sp³-hybridized carbons (Fsp3) is 0. The first-order chi connectivity index (χ1) is 36.7. The van der Waals surface area contributed by atoms with E-state index in [2.05, 4.69) is 270 Å². The zero-order chi connectivity index (χ0) is 48.7. The van der Waals surface area contributed by atoms with Gasteiger partial charge in [-0.15, -0.1) is 0 Å². The molecule has 0 saturated carbocycles. The summed E-state index contributed by atoms with van der Waals surface area (Å²) in [7, 11) is 0. The summed E-state index contributed by atoms with van der Waals surface area (Å²) in [4.78, 5) is 10.9. The molecule has 12 aromatic carbocycles. The quantitative estimate of drug-likeness (QED) is 0.149. The van der Waals surface area contributed by atoms with E-state index in [-0.39, 0.29) is 0 Å². The van der Waals surface area contributed by atoms with Crippen LogP contribution in [0, 0.1) is 0 Å². The molecule has 15 rings (SSSR count). The summed E-state index contributed by atoms with van der Waals surface area (Å²) >= 11 is 0. The predicted molar refractivity (Wildman–Crippen MR) is 310 cm³/mol. The minimum Gasteiger partial charge on any atom is -0.309 e. The van der Waals surface area contributed by atoms with Crippen LogP contribution in [0.5, 0.6) is 0 Å². The fourth-order valence-electron chi connectivity index (χ4n) is 11.6. The Morgan fingerprint density at radius 2 is 0.608 bits per heavy atom. The lowest BCUT2D eigenvalue weighted by Crippen LogP contribution is -1.99. The topological polar surface area (TPSA) is 35.6 Å². The molecule has 0 unspecified atom stereocenters. The van der Waals surface area contributed by atoms with Crippen molar-refractivity contribution in [2.75, 3.05) is 0 Å². The summed E-state index contributed by atoms with van der Waals surface area (Å²) in [5.41, 5.74) is 16.0. The molecule has 0 saturated heterocycles. The van der Waals surface area contributed by atoms with Crippen LogP contribution in [0.2, 0.25) is 0 Å². The van der Waals surface area contributed by atoms with E-state index in [0.717, 1.165) is 67.1 Å². The van der Waals surface area contributed by atoms with Gasteiger partial charge in [-0.2, -0.15) is 0 Å². The average molecular weight is 941 g/mol. The summed E-state index contributed by atoms with van der Waals surface area (Å²) in [6, 6.07) is 96.7. The van der Waals surface area contributed by atoms with Crippen LogP contribution in [-0.2, 0) is 0 Å². The van der Waals surface area contributed by atoms with Gasteiger partial charge in [-0.25, -0.2) is 9.97 Å². The summed E-state index contributed by atoms with van der Waals surface area (Å²) in [5, 5.41) is 12.3. The summed E-state index contributed by atoms with van der Waals surface area (Å²) < 4.78 is 4.82. The van der Waals surface area contributed by atoms with E-state index in [1.165, 1.54) is 70.5 Å². The second-order valence-electron chi connectivity index (χ2n) is 19.3. The van der Waals surface area contributed by atoms with E-state index in [9.17, 15) is 0 Å². The Hall–Kier alpha value is -9.90. The van der Waals surface area contributed by atoms with Gasteiger partial charge in [0.25, 0.3) is 0 Å². The van der Waals surface area contributed by atoms with Crippen molar-refractivity contribution in [2.45, 2.75) is 0 Å². The molecule has 0 atom stereocenters. The lowest BCUT2D eigenvalue weighted by molar-refractivity contribution is 1.16. The van der Waals surface area contributed by atoms with Crippen LogP contribution in [0.3, 0.4) is 0 Å². The van der Waals surface area contributed by atoms with Crippen molar-refractivity contribution in [3.63, 3.8) is 0 Å². The van der Waals surface area contributed by atoms with Crippen LogP contribution in [0.1, 0.15) is 0 Å². The molecule has 3 heterocycles. The number of fused-ring (bicyclic) bond motifs is 12. The first-order valence-corrected chi connectivity index (χ1v) is 25.3. The molecule has 15 aromatic rings. The number of hydrogen-bond acceptors (Lipinski definition) is 2. The third-order valence-electron chi connectivity index (χ3n) is 15.1. The van der Waals surface area contributed by atoms with Crippen LogP contribution < -0.4 is 0 Å². The predicted octanol–water partition coefficient (Wildman–Crippen LogP) is 18.5. The largest absolute Gasteiger partial charge is 0.309 e. The van der Waals surface area contributed by atoms with Gasteiger partial charge in [0.15, 0.2) is 5.82 Å². The SMILES string of the molecule is c1ccc(-c2ccc3c4ccccc4n(-c4cc(-c5ccc6c7ccccc7c7ccccc7c6c5)cc(-c5cc(-c6ccc7c8ccccc8n(-c8ccccc8)c7c6)nc(-c6ccccc6)n5)c4)c3c2)cc1. The standard InChI is InChI=1S/C70H44N4/c1-4-18-45(19-5-1)48-33-36-61-60-29-15-17-31-67(60)74(68(61)42-48)53-39-50(47-32-35-58-56-26-11-10-24-54(56)55-25-12-13-27-57(55)63(58)41-47)38-51(40-53)65-44-64(71-70(72-65)46-20-6-2-7-21-46)49-34-37-62-59-28-14-16-30-66(59)73(69(62)43-49)52-22-8-3-9-23-52/h1-44H. The highest BCUT2D eigenvalue weighted by molar-refractivity contribution is 6.26. The van der Waals surface area contributed by atoms with Gasteiger partial charge in [0.1, 0.15) is 0 Å². The number of nitrogens with zero attached hydrogens (tertiary/aromatic N) is 4. The minimum atomic E-state index is 0.669. The number of aromatic nitrogens is 4. The van der Waals surface area contributed by atoms with Gasteiger partial charge in [0.2, 0.25) is 0 Å². The van der Waals surface area contributed by atoms with E-state index in [1.807, 2.05) is 6.07 Å². The Morgan fingerprint density at radius 3 is 1.22 bits per heavy atom. The Morgan fingerprint density at radius 1 is 0.203 bits per heavy atom. The highest BCUT2D eigenvalue weighted by Gasteiger charge is 2.20. The summed E-state index contributed by atoms with van der Waals surface area (Å²) in [6.07, 6.45) is 0. The minimum absolute atomic E-state index is 0.669. The molecule has 0 spiro atoms. The summed E-state index contributed by atoms with van der Waals surface area (Å²) in [6.45, 7) is 0. The first kappa shape index (κ1) is 41.8. The van der Waals surface area contributed by atoms with Crippen molar-refractivity contribution in [2.24, 2.45) is 0 Å². The van der Waals surface area contributed by atoms with Gasteiger partial charge >= 0.3 is 0 Å². The van der Waals surface area contributed by atoms with Crippen molar-refractivity contribution in [1.29, 1.82) is 0 Å². The third kappa shape index (κ3) is 6.77. The molecule has 0 bridgehead atoms. The molecule has 0 aliphatic rings. The lowest BCUT2D eigenvalue weighted by atomic mass is 9.91. The van der Waals surface area contributed by atoms with E-state index >= 15 is 0 Å². The lowest BCUT2D eigenvalue weighted by Gasteiger charge is -2.16. The number of benzene rings is 12. The Balaban J connectivity index is 1.00. The summed E-state index contributed by atoms with van der Waals surface area (Å²) in [5.74, 6) is 0.669. The highest BCUT2D eigenvalue weighted by Crippen LogP contribution is 2.42. The molecule has 0 aliphatic heterocycles. The molecule has 74 heavy (non-hydrogen) atoms. The maximum absolute atomic E-state index is 5.50. The van der Waals surface area contributed by atoms with E-state index in [1.54, 1.807) is 0 Å². The number of rotatable bonds is 7. The average Bonchev–Trinajstić information content (AvgIpc) is 4.01. The van der Waals surface area contributed by atoms with Gasteiger partial charge in [-0.3, -0.25) is 0 Å². The molecule has 344 valence electrons. The van der Waals surface area contributed by atoms with Gasteiger partial charge < -0.3 is 9.13 Å². The van der Waals surface area contributed by atoms with Crippen molar-refractivity contribution in [3.8, 4) is 67.5 Å². The Bertz CT molecular complexity index is 4670. The second-order valence-corrected chi connectivity index (χ2v) is 19.3. The molecule has 4 nitrogen and oxygen atoms in total. The van der Waals surface area contributed by atoms with Crippen molar-refractivity contribution >= 4 is 75.9 Å². The van der Waals surface area contributed by atoms with Crippen LogP contribution >= 0.6 is 0 Å². The molecule has 0 radical (unpaired) electrons. The smallest absolute Gasteiger partial charge is 0.160 e. The van der Waals surface area contributed by atoms with Crippen LogP contribution in [0.25, 0.3) is 143 Å². The highest BCUT2D eigenvalue weighted by atomic mass is 15.0. The molecular weight excluding hydrogens is 897 g/mol. The molecule has 4 heteroatoms. The molecular formula is C70H44N4. The van der Waals surface area contributed by atoms with Gasteiger partial charge in [-0.1, -0.05) is 200 Å². The van der Waals surface area contributed by atoms with E-state index in [0.29, 0.717) is 5.82 Å².